The predicted molar refractivity (Wildman–Crippen MR) is 117 cm³/mol. The second kappa shape index (κ2) is 9.84. The number of amides is 2. The minimum Gasteiger partial charge on any atom is -0.346 e. The standard InChI is InChI=1S/C22H19F2N5O3S/c23-18-6-5-13(8-19(18)24)22(31)25-10-15-11-29(28-26-15)16(9-21(30)27-32)7-14-12-33-20-4-2-1-3-17(14)20/h1-6,8,11-12,16,32H,7,9-10H2,(H,25,31)(H,27,30). The predicted octanol–water partition coefficient (Wildman–Crippen LogP) is 3.38. The Balaban J connectivity index is 1.48. The number of aromatic nitrogens is 3. The van der Waals surface area contributed by atoms with Gasteiger partial charge in [0.2, 0.25) is 5.91 Å². The van der Waals surface area contributed by atoms with Gasteiger partial charge < -0.3 is 5.32 Å². The topological polar surface area (TPSA) is 109 Å². The molecule has 0 fully saturated rings. The first-order chi connectivity index (χ1) is 15.9. The van der Waals surface area contributed by atoms with Gasteiger partial charge in [-0.25, -0.2) is 18.9 Å². The molecule has 11 heteroatoms. The third kappa shape index (κ3) is 5.21. The highest BCUT2D eigenvalue weighted by molar-refractivity contribution is 7.17. The highest BCUT2D eigenvalue weighted by Gasteiger charge is 2.20. The van der Waals surface area contributed by atoms with Crippen LogP contribution in [0.2, 0.25) is 0 Å². The van der Waals surface area contributed by atoms with Crippen LogP contribution < -0.4 is 10.8 Å². The highest BCUT2D eigenvalue weighted by Crippen LogP contribution is 2.29. The van der Waals surface area contributed by atoms with Gasteiger partial charge in [0.25, 0.3) is 5.91 Å². The molecule has 8 nitrogen and oxygen atoms in total. The fourth-order valence-electron chi connectivity index (χ4n) is 3.45. The first kappa shape index (κ1) is 22.5. The molecule has 0 aliphatic heterocycles. The van der Waals surface area contributed by atoms with E-state index in [2.05, 4.69) is 15.6 Å². The Labute approximate surface area is 190 Å². The largest absolute Gasteiger partial charge is 0.346 e. The van der Waals surface area contributed by atoms with E-state index >= 15 is 0 Å². The van der Waals surface area contributed by atoms with Gasteiger partial charge in [0.1, 0.15) is 5.69 Å². The molecule has 2 heterocycles. The maximum absolute atomic E-state index is 13.4. The van der Waals surface area contributed by atoms with E-state index in [0.717, 1.165) is 27.8 Å². The molecule has 0 aliphatic carbocycles. The molecular weight excluding hydrogens is 452 g/mol. The van der Waals surface area contributed by atoms with Crippen molar-refractivity contribution in [3.63, 3.8) is 0 Å². The van der Waals surface area contributed by atoms with Crippen molar-refractivity contribution in [1.29, 1.82) is 0 Å². The van der Waals surface area contributed by atoms with E-state index in [1.54, 1.807) is 23.0 Å². The van der Waals surface area contributed by atoms with Gasteiger partial charge in [0.05, 0.1) is 25.2 Å². The highest BCUT2D eigenvalue weighted by atomic mass is 32.1. The zero-order valence-electron chi connectivity index (χ0n) is 17.2. The van der Waals surface area contributed by atoms with Crippen molar-refractivity contribution in [3.8, 4) is 0 Å². The van der Waals surface area contributed by atoms with Gasteiger partial charge in [-0.2, -0.15) is 0 Å². The van der Waals surface area contributed by atoms with E-state index in [4.69, 9.17) is 5.21 Å². The van der Waals surface area contributed by atoms with Gasteiger partial charge >= 0.3 is 0 Å². The maximum atomic E-state index is 13.4. The second-order valence-electron chi connectivity index (χ2n) is 7.36. The molecule has 0 bridgehead atoms. The number of carbonyl (C=O) groups excluding carboxylic acids is 2. The number of fused-ring (bicyclic) bond motifs is 1. The molecule has 4 aromatic rings. The molecule has 0 saturated carbocycles. The minimum atomic E-state index is -1.11. The molecule has 3 N–H and O–H groups in total. The first-order valence-corrected chi connectivity index (χ1v) is 10.8. The zero-order chi connectivity index (χ0) is 23.4. The number of benzene rings is 2. The SMILES string of the molecule is O=C(CC(Cc1csc2ccccc12)n1cc(CNC(=O)c2ccc(F)c(F)c2)nn1)NO. The average Bonchev–Trinajstić information content (AvgIpc) is 3.46. The van der Waals surface area contributed by atoms with Gasteiger partial charge in [-0.05, 0) is 47.0 Å². The summed E-state index contributed by atoms with van der Waals surface area (Å²) in [5, 5.41) is 22.8. The number of hydrogen-bond acceptors (Lipinski definition) is 6. The fourth-order valence-corrected chi connectivity index (χ4v) is 4.42. The molecule has 0 saturated heterocycles. The van der Waals surface area contributed by atoms with Crippen LogP contribution in [0.3, 0.4) is 0 Å². The van der Waals surface area contributed by atoms with Gasteiger partial charge in [0, 0.05) is 10.3 Å². The quantitative estimate of drug-likeness (QED) is 0.270. The molecule has 33 heavy (non-hydrogen) atoms. The van der Waals surface area contributed by atoms with Crippen molar-refractivity contribution in [2.75, 3.05) is 0 Å². The summed E-state index contributed by atoms with van der Waals surface area (Å²) in [5.41, 5.74) is 3.07. The lowest BCUT2D eigenvalue weighted by Gasteiger charge is -2.15. The van der Waals surface area contributed by atoms with Crippen LogP contribution in [-0.2, 0) is 17.8 Å². The molecular formula is C22H19F2N5O3S. The van der Waals surface area contributed by atoms with E-state index in [9.17, 15) is 18.4 Å². The lowest BCUT2D eigenvalue weighted by molar-refractivity contribution is -0.130. The van der Waals surface area contributed by atoms with Crippen molar-refractivity contribution in [2.45, 2.75) is 25.4 Å². The normalized spacial score (nSPS) is 12.0. The van der Waals surface area contributed by atoms with E-state index < -0.39 is 29.5 Å². The van der Waals surface area contributed by atoms with Crippen molar-refractivity contribution in [2.24, 2.45) is 0 Å². The summed E-state index contributed by atoms with van der Waals surface area (Å²) < 4.78 is 29.0. The number of nitrogens with one attached hydrogen (secondary N) is 2. The first-order valence-electron chi connectivity index (χ1n) is 9.96. The Kier molecular flexibility index (Phi) is 6.71. The van der Waals surface area contributed by atoms with Crippen molar-refractivity contribution in [3.05, 3.63) is 82.5 Å². The third-order valence-corrected chi connectivity index (χ3v) is 6.12. The number of nitrogens with zero attached hydrogens (tertiary/aromatic N) is 3. The number of carbonyl (C=O) groups is 2. The van der Waals surface area contributed by atoms with Crippen LogP contribution in [0, 0.1) is 11.6 Å². The number of rotatable bonds is 8. The summed E-state index contributed by atoms with van der Waals surface area (Å²) >= 11 is 1.60. The van der Waals surface area contributed by atoms with Crippen molar-refractivity contribution in [1.82, 2.24) is 25.8 Å². The van der Waals surface area contributed by atoms with Crippen LogP contribution in [0.25, 0.3) is 10.1 Å². The molecule has 1 unspecified atom stereocenters. The van der Waals surface area contributed by atoms with E-state index in [1.165, 1.54) is 10.7 Å². The van der Waals surface area contributed by atoms with Gasteiger partial charge in [-0.3, -0.25) is 14.8 Å². The summed E-state index contributed by atoms with van der Waals surface area (Å²) in [6.07, 6.45) is 2.03. The van der Waals surface area contributed by atoms with Crippen LogP contribution in [-0.4, -0.2) is 32.0 Å². The monoisotopic (exact) mass is 471 g/mol. The Morgan fingerprint density at radius 1 is 1.15 bits per heavy atom. The number of hydroxylamine groups is 1. The van der Waals surface area contributed by atoms with Crippen LogP contribution >= 0.6 is 11.3 Å². The van der Waals surface area contributed by atoms with Gasteiger partial charge in [-0.1, -0.05) is 23.4 Å². The molecule has 2 amide bonds. The fraction of sp³-hybridized carbons (Fsp3) is 0.182. The molecule has 0 spiro atoms. The van der Waals surface area contributed by atoms with E-state index in [1.807, 2.05) is 29.6 Å². The molecule has 2 aromatic carbocycles. The molecule has 2 aromatic heterocycles. The molecule has 1 atom stereocenters. The average molecular weight is 471 g/mol. The Morgan fingerprint density at radius 2 is 1.97 bits per heavy atom. The maximum Gasteiger partial charge on any atom is 0.251 e. The Morgan fingerprint density at radius 3 is 2.76 bits per heavy atom. The molecule has 170 valence electrons. The number of halogens is 2. The minimum absolute atomic E-state index is 0.00186. The molecule has 4 rings (SSSR count). The van der Waals surface area contributed by atoms with Crippen LogP contribution in [0.5, 0.6) is 0 Å². The smallest absolute Gasteiger partial charge is 0.251 e. The van der Waals surface area contributed by atoms with Crippen LogP contribution in [0.4, 0.5) is 8.78 Å². The number of thiophene rings is 1. The summed E-state index contributed by atoms with van der Waals surface area (Å²) in [6.45, 7) is -0.00186. The lowest BCUT2D eigenvalue weighted by atomic mass is 10.0. The van der Waals surface area contributed by atoms with Gasteiger partial charge in [-0.15, -0.1) is 16.4 Å². The summed E-state index contributed by atoms with van der Waals surface area (Å²) in [5.74, 6) is -3.31. The van der Waals surface area contributed by atoms with Crippen LogP contribution in [0.1, 0.15) is 34.1 Å². The van der Waals surface area contributed by atoms with Gasteiger partial charge in [0.15, 0.2) is 11.6 Å². The molecule has 0 radical (unpaired) electrons. The van der Waals surface area contributed by atoms with E-state index in [-0.39, 0.29) is 18.5 Å². The Bertz CT molecular complexity index is 1310. The van der Waals surface area contributed by atoms with Crippen molar-refractivity contribution < 1.29 is 23.6 Å². The number of hydrogen-bond donors (Lipinski definition) is 3. The van der Waals surface area contributed by atoms with E-state index in [0.29, 0.717) is 12.1 Å². The van der Waals surface area contributed by atoms with Crippen molar-refractivity contribution >= 4 is 33.2 Å². The summed E-state index contributed by atoms with van der Waals surface area (Å²) in [7, 11) is 0. The second-order valence-corrected chi connectivity index (χ2v) is 8.27. The summed E-state index contributed by atoms with van der Waals surface area (Å²) in [6, 6.07) is 10.4. The molecule has 0 aliphatic rings. The lowest BCUT2D eigenvalue weighted by Crippen LogP contribution is -2.25. The Hall–Kier alpha value is -3.70. The third-order valence-electron chi connectivity index (χ3n) is 5.11. The van der Waals surface area contributed by atoms with Crippen LogP contribution in [0.15, 0.2) is 54.0 Å². The zero-order valence-corrected chi connectivity index (χ0v) is 18.0. The summed E-state index contributed by atoms with van der Waals surface area (Å²) in [4.78, 5) is 24.1.